The molecule has 0 N–H and O–H groups in total. The average Bonchev–Trinajstić information content (AvgIpc) is 2.69. The molecule has 3 atom stereocenters. The van der Waals surface area contributed by atoms with E-state index in [2.05, 4.69) is 6.92 Å². The van der Waals surface area contributed by atoms with Crippen molar-refractivity contribution in [3.63, 3.8) is 0 Å². The number of benzene rings is 1. The predicted molar refractivity (Wildman–Crippen MR) is 80.1 cm³/mol. The van der Waals surface area contributed by atoms with Gasteiger partial charge in [0.05, 0.1) is 11.0 Å². The van der Waals surface area contributed by atoms with Gasteiger partial charge in [-0.05, 0) is 31.4 Å². The van der Waals surface area contributed by atoms with Gasteiger partial charge in [-0.1, -0.05) is 24.6 Å². The molecule has 2 bridgehead atoms. The molecule has 0 amide bonds. The Bertz CT molecular complexity index is 612. The Morgan fingerprint density at radius 1 is 1.19 bits per heavy atom. The molecule has 0 unspecified atom stereocenters. The van der Waals surface area contributed by atoms with Crippen LogP contribution >= 0.6 is 0 Å². The van der Waals surface area contributed by atoms with E-state index < -0.39 is 10.0 Å². The van der Waals surface area contributed by atoms with Gasteiger partial charge in [-0.2, -0.15) is 9.37 Å². The van der Waals surface area contributed by atoms with Crippen LogP contribution in [0.3, 0.4) is 0 Å². The third-order valence-corrected chi connectivity index (χ3v) is 6.35. The van der Waals surface area contributed by atoms with Crippen LogP contribution < -0.4 is 0 Å². The first-order valence-corrected chi connectivity index (χ1v) is 8.78. The molecule has 2 aliphatic rings. The molecular formula is C15H22N2O3S. The van der Waals surface area contributed by atoms with E-state index >= 15 is 0 Å². The molecule has 6 heteroatoms. The molecule has 1 aromatic rings. The number of aryl methyl sites for hydroxylation is 1. The maximum Gasteiger partial charge on any atom is 0.243 e. The summed E-state index contributed by atoms with van der Waals surface area (Å²) in [5.41, 5.74) is 1.06. The number of hydrogen-bond donors (Lipinski definition) is 0. The minimum absolute atomic E-state index is 0.0369. The van der Waals surface area contributed by atoms with Gasteiger partial charge in [0, 0.05) is 26.2 Å². The second-order valence-corrected chi connectivity index (χ2v) is 8.13. The van der Waals surface area contributed by atoms with Gasteiger partial charge in [0.15, 0.2) is 0 Å². The zero-order chi connectivity index (χ0) is 15.2. The topological polar surface area (TPSA) is 49.9 Å². The minimum Gasteiger partial charge on any atom is -0.294 e. The Morgan fingerprint density at radius 2 is 1.86 bits per heavy atom. The van der Waals surface area contributed by atoms with Gasteiger partial charge in [0.25, 0.3) is 0 Å². The lowest BCUT2D eigenvalue weighted by Crippen LogP contribution is -2.43. The normalized spacial score (nSPS) is 31.3. The van der Waals surface area contributed by atoms with Crippen molar-refractivity contribution in [3.8, 4) is 0 Å². The first-order chi connectivity index (χ1) is 9.88. The summed E-state index contributed by atoms with van der Waals surface area (Å²) < 4.78 is 27.2. The van der Waals surface area contributed by atoms with Gasteiger partial charge in [-0.15, -0.1) is 0 Å². The van der Waals surface area contributed by atoms with Crippen LogP contribution in [0.4, 0.5) is 0 Å². The Kier molecular flexibility index (Phi) is 3.81. The summed E-state index contributed by atoms with van der Waals surface area (Å²) in [5, 5.41) is 1.89. The molecule has 0 saturated carbocycles. The highest BCUT2D eigenvalue weighted by Crippen LogP contribution is 2.32. The summed E-state index contributed by atoms with van der Waals surface area (Å²) in [6.45, 7) is 5.02. The molecule has 2 aliphatic heterocycles. The lowest BCUT2D eigenvalue weighted by atomic mass is 9.99. The number of fused-ring (bicyclic) bond motifs is 2. The van der Waals surface area contributed by atoms with Gasteiger partial charge in [-0.3, -0.25) is 4.84 Å². The summed E-state index contributed by atoms with van der Waals surface area (Å²) in [5.74, 6) is 0.253. The van der Waals surface area contributed by atoms with Gasteiger partial charge < -0.3 is 0 Å². The fourth-order valence-corrected chi connectivity index (χ4v) is 4.84. The summed E-state index contributed by atoms with van der Waals surface area (Å²) in [6, 6.07) is 7.35. The Morgan fingerprint density at radius 3 is 2.52 bits per heavy atom. The second-order valence-electron chi connectivity index (χ2n) is 6.19. The first-order valence-electron chi connectivity index (χ1n) is 7.34. The van der Waals surface area contributed by atoms with Gasteiger partial charge in [-0.25, -0.2) is 8.42 Å². The van der Waals surface area contributed by atoms with Crippen molar-refractivity contribution in [2.24, 2.45) is 5.92 Å². The van der Waals surface area contributed by atoms with Gasteiger partial charge in [0.1, 0.15) is 0 Å². The van der Waals surface area contributed by atoms with E-state index in [4.69, 9.17) is 4.84 Å². The van der Waals surface area contributed by atoms with Crippen molar-refractivity contribution in [2.75, 3.05) is 20.1 Å². The highest BCUT2D eigenvalue weighted by atomic mass is 32.2. The summed E-state index contributed by atoms with van der Waals surface area (Å²) in [6.07, 6.45) is 0.864. The van der Waals surface area contributed by atoms with E-state index in [1.165, 1.54) is 0 Å². The van der Waals surface area contributed by atoms with Crippen LogP contribution in [-0.4, -0.2) is 50.1 Å². The van der Waals surface area contributed by atoms with E-state index in [1.807, 2.05) is 31.2 Å². The van der Waals surface area contributed by atoms with Crippen LogP contribution in [0.1, 0.15) is 18.9 Å². The molecule has 1 aromatic carbocycles. The third-order valence-electron chi connectivity index (χ3n) is 4.50. The standard InChI is InChI=1S/C15H22N2O3S/c1-11-4-6-14(7-5-11)21(18,19)17-9-12(2)15-8-13(10-17)20-16(15)3/h4-7,12-13,15H,8-10H2,1-3H3/t12-,13+,15-/m0/s1. The van der Waals surface area contributed by atoms with E-state index in [1.54, 1.807) is 16.4 Å². The predicted octanol–water partition coefficient (Wildman–Crippen LogP) is 1.64. The second kappa shape index (κ2) is 5.35. The molecule has 21 heavy (non-hydrogen) atoms. The van der Waals surface area contributed by atoms with Crippen molar-refractivity contribution >= 4 is 10.0 Å². The monoisotopic (exact) mass is 310 g/mol. The first kappa shape index (κ1) is 15.0. The molecule has 116 valence electrons. The van der Waals surface area contributed by atoms with Crippen LogP contribution in [0.5, 0.6) is 0 Å². The molecule has 2 fully saturated rings. The van der Waals surface area contributed by atoms with Crippen molar-refractivity contribution in [3.05, 3.63) is 29.8 Å². The summed E-state index contributed by atoms with van der Waals surface area (Å²) >= 11 is 0. The SMILES string of the molecule is Cc1ccc(S(=O)(=O)N2C[C@H]3C[C@@H]([C@@H](C)C2)N(C)O3)cc1. The molecule has 0 aromatic heterocycles. The number of sulfonamides is 1. The fourth-order valence-electron chi connectivity index (χ4n) is 3.27. The van der Waals surface area contributed by atoms with Crippen LogP contribution in [0.2, 0.25) is 0 Å². The van der Waals surface area contributed by atoms with Crippen LogP contribution in [0, 0.1) is 12.8 Å². The highest BCUT2D eigenvalue weighted by molar-refractivity contribution is 7.89. The van der Waals surface area contributed by atoms with Crippen molar-refractivity contribution in [1.82, 2.24) is 9.37 Å². The zero-order valence-corrected chi connectivity index (χ0v) is 13.5. The highest BCUT2D eigenvalue weighted by Gasteiger charge is 2.42. The molecule has 2 saturated heterocycles. The number of rotatable bonds is 2. The summed E-state index contributed by atoms with van der Waals surface area (Å²) in [4.78, 5) is 6.11. The fraction of sp³-hybridized carbons (Fsp3) is 0.600. The van der Waals surface area contributed by atoms with Crippen molar-refractivity contribution in [2.45, 2.75) is 37.3 Å². The Balaban J connectivity index is 1.88. The zero-order valence-electron chi connectivity index (χ0n) is 12.7. The quantitative estimate of drug-likeness (QED) is 0.833. The van der Waals surface area contributed by atoms with Crippen molar-refractivity contribution in [1.29, 1.82) is 0 Å². The van der Waals surface area contributed by atoms with Crippen LogP contribution in [-0.2, 0) is 14.9 Å². The molecule has 5 nitrogen and oxygen atoms in total. The van der Waals surface area contributed by atoms with E-state index in [-0.39, 0.29) is 12.0 Å². The smallest absolute Gasteiger partial charge is 0.243 e. The Hall–Kier alpha value is -0.950. The van der Waals surface area contributed by atoms with Crippen molar-refractivity contribution < 1.29 is 13.3 Å². The largest absolute Gasteiger partial charge is 0.294 e. The number of nitrogens with zero attached hydrogens (tertiary/aromatic N) is 2. The summed E-state index contributed by atoms with van der Waals surface area (Å²) in [7, 11) is -1.50. The lowest BCUT2D eigenvalue weighted by Gasteiger charge is -2.31. The maximum atomic E-state index is 12.8. The third kappa shape index (κ3) is 2.73. The van der Waals surface area contributed by atoms with E-state index in [0.717, 1.165) is 12.0 Å². The molecule has 3 rings (SSSR count). The van der Waals surface area contributed by atoms with Gasteiger partial charge in [0.2, 0.25) is 10.0 Å². The molecule has 0 spiro atoms. The molecular weight excluding hydrogens is 288 g/mol. The number of hydroxylamine groups is 2. The Labute approximate surface area is 126 Å². The van der Waals surface area contributed by atoms with E-state index in [0.29, 0.717) is 24.0 Å². The number of hydrogen-bond acceptors (Lipinski definition) is 4. The molecule has 0 aliphatic carbocycles. The maximum absolute atomic E-state index is 12.8. The van der Waals surface area contributed by atoms with E-state index in [9.17, 15) is 8.42 Å². The molecule has 0 radical (unpaired) electrons. The van der Waals surface area contributed by atoms with Crippen LogP contribution in [0.15, 0.2) is 29.2 Å². The average molecular weight is 310 g/mol. The van der Waals surface area contributed by atoms with Gasteiger partial charge >= 0.3 is 0 Å². The molecule has 2 heterocycles. The lowest BCUT2D eigenvalue weighted by molar-refractivity contribution is -0.159. The minimum atomic E-state index is -3.44. The van der Waals surface area contributed by atoms with Crippen LogP contribution in [0.25, 0.3) is 0 Å².